The highest BCUT2D eigenvalue weighted by Gasteiger charge is 2.12. The maximum atomic E-state index is 13.6. The van der Waals surface area contributed by atoms with Crippen molar-refractivity contribution < 1.29 is 13.9 Å². The quantitative estimate of drug-likeness (QED) is 0.868. The van der Waals surface area contributed by atoms with Gasteiger partial charge in [-0.1, -0.05) is 15.9 Å². The Labute approximate surface area is 124 Å². The van der Waals surface area contributed by atoms with Gasteiger partial charge in [0, 0.05) is 22.8 Å². The maximum absolute atomic E-state index is 13.6. The van der Waals surface area contributed by atoms with Crippen LogP contribution in [0.2, 0.25) is 0 Å². The summed E-state index contributed by atoms with van der Waals surface area (Å²) >= 11 is 3.29. The van der Waals surface area contributed by atoms with Crippen LogP contribution in [-0.2, 0) is 11.3 Å². The van der Waals surface area contributed by atoms with Crippen molar-refractivity contribution in [1.82, 2.24) is 4.98 Å². The predicted molar refractivity (Wildman–Crippen MR) is 77.0 cm³/mol. The van der Waals surface area contributed by atoms with Crippen molar-refractivity contribution in [2.45, 2.75) is 6.54 Å². The molecule has 0 atom stereocenters. The summed E-state index contributed by atoms with van der Waals surface area (Å²) in [7, 11) is 1.30. The number of methoxy groups -OCH3 is 1. The van der Waals surface area contributed by atoms with Gasteiger partial charge in [-0.25, -0.2) is 14.2 Å². The molecule has 0 bridgehead atoms. The molecule has 0 aliphatic rings. The van der Waals surface area contributed by atoms with Gasteiger partial charge in [-0.2, -0.15) is 0 Å². The Morgan fingerprint density at radius 1 is 1.45 bits per heavy atom. The summed E-state index contributed by atoms with van der Waals surface area (Å²) < 4.78 is 19.1. The minimum absolute atomic E-state index is 0.215. The normalized spacial score (nSPS) is 10.2. The standard InChI is InChI=1S/C14H12BrFN2O2/c1-20-14(19)11-3-2-6-17-13(11)18-8-9-7-10(15)4-5-12(9)16/h2-7H,8H2,1H3,(H,17,18). The van der Waals surface area contributed by atoms with Crippen molar-refractivity contribution in [3.63, 3.8) is 0 Å². The van der Waals surface area contributed by atoms with Crippen molar-refractivity contribution in [3.05, 3.63) is 57.9 Å². The topological polar surface area (TPSA) is 51.2 Å². The molecule has 0 amide bonds. The van der Waals surface area contributed by atoms with Crippen LogP contribution >= 0.6 is 15.9 Å². The van der Waals surface area contributed by atoms with Crippen molar-refractivity contribution in [2.24, 2.45) is 0 Å². The van der Waals surface area contributed by atoms with Crippen LogP contribution in [0.4, 0.5) is 10.2 Å². The molecular weight excluding hydrogens is 327 g/mol. The Balaban J connectivity index is 2.19. The molecule has 0 fully saturated rings. The van der Waals surface area contributed by atoms with Crippen LogP contribution in [0.1, 0.15) is 15.9 Å². The molecule has 0 saturated carbocycles. The number of esters is 1. The summed E-state index contributed by atoms with van der Waals surface area (Å²) in [6, 6.07) is 7.90. The van der Waals surface area contributed by atoms with Gasteiger partial charge in [0.25, 0.3) is 0 Å². The van der Waals surface area contributed by atoms with E-state index in [1.165, 1.54) is 13.2 Å². The number of carbonyl (C=O) groups excluding carboxylic acids is 1. The number of nitrogens with one attached hydrogen (secondary N) is 1. The average Bonchev–Trinajstić information content (AvgIpc) is 2.47. The monoisotopic (exact) mass is 338 g/mol. The molecule has 0 unspecified atom stereocenters. The van der Waals surface area contributed by atoms with Crippen LogP contribution < -0.4 is 5.32 Å². The number of ether oxygens (including phenoxy) is 1. The molecule has 1 aromatic carbocycles. The van der Waals surface area contributed by atoms with Crippen LogP contribution in [0.15, 0.2) is 41.0 Å². The summed E-state index contributed by atoms with van der Waals surface area (Å²) in [5, 5.41) is 2.94. The van der Waals surface area contributed by atoms with Crippen molar-refractivity contribution in [1.29, 1.82) is 0 Å². The molecule has 1 aromatic heterocycles. The molecule has 0 spiro atoms. The fourth-order valence-electron chi connectivity index (χ4n) is 1.68. The number of hydrogen-bond donors (Lipinski definition) is 1. The number of anilines is 1. The summed E-state index contributed by atoms with van der Waals surface area (Å²) in [6.45, 7) is 0.215. The van der Waals surface area contributed by atoms with E-state index in [0.717, 1.165) is 4.47 Å². The van der Waals surface area contributed by atoms with Crippen LogP contribution in [-0.4, -0.2) is 18.1 Å². The molecule has 0 aliphatic heterocycles. The van der Waals surface area contributed by atoms with E-state index in [0.29, 0.717) is 16.9 Å². The number of pyridine rings is 1. The Morgan fingerprint density at radius 2 is 2.25 bits per heavy atom. The largest absolute Gasteiger partial charge is 0.465 e. The van der Waals surface area contributed by atoms with E-state index in [1.807, 2.05) is 0 Å². The Kier molecular flexibility index (Phi) is 4.68. The first-order valence-electron chi connectivity index (χ1n) is 5.83. The zero-order valence-electron chi connectivity index (χ0n) is 10.7. The number of carbonyl (C=O) groups is 1. The fourth-order valence-corrected chi connectivity index (χ4v) is 2.09. The number of rotatable bonds is 4. The molecule has 104 valence electrons. The Bertz CT molecular complexity index is 634. The van der Waals surface area contributed by atoms with Gasteiger partial charge in [-0.3, -0.25) is 0 Å². The first-order chi connectivity index (χ1) is 9.61. The third-order valence-electron chi connectivity index (χ3n) is 2.67. The minimum atomic E-state index is -0.490. The first-order valence-corrected chi connectivity index (χ1v) is 6.62. The van der Waals surface area contributed by atoms with E-state index < -0.39 is 5.97 Å². The number of nitrogens with zero attached hydrogens (tertiary/aromatic N) is 1. The molecule has 1 N–H and O–H groups in total. The lowest BCUT2D eigenvalue weighted by molar-refractivity contribution is 0.0601. The molecule has 2 rings (SSSR count). The molecule has 6 heteroatoms. The van der Waals surface area contributed by atoms with E-state index in [9.17, 15) is 9.18 Å². The molecule has 2 aromatic rings. The lowest BCUT2D eigenvalue weighted by atomic mass is 10.2. The molecule has 4 nitrogen and oxygen atoms in total. The molecule has 20 heavy (non-hydrogen) atoms. The maximum Gasteiger partial charge on any atom is 0.341 e. The van der Waals surface area contributed by atoms with Gasteiger partial charge < -0.3 is 10.1 Å². The van der Waals surface area contributed by atoms with Crippen LogP contribution in [0.25, 0.3) is 0 Å². The van der Waals surface area contributed by atoms with Gasteiger partial charge >= 0.3 is 5.97 Å². The number of hydrogen-bond acceptors (Lipinski definition) is 4. The highest BCUT2D eigenvalue weighted by molar-refractivity contribution is 9.10. The molecule has 1 heterocycles. The highest BCUT2D eigenvalue weighted by atomic mass is 79.9. The SMILES string of the molecule is COC(=O)c1cccnc1NCc1cc(Br)ccc1F. The van der Waals surface area contributed by atoms with Crippen LogP contribution in [0.5, 0.6) is 0 Å². The lowest BCUT2D eigenvalue weighted by Gasteiger charge is -2.10. The van der Waals surface area contributed by atoms with E-state index in [4.69, 9.17) is 0 Å². The third-order valence-corrected chi connectivity index (χ3v) is 3.16. The van der Waals surface area contributed by atoms with Crippen molar-refractivity contribution in [2.75, 3.05) is 12.4 Å². The Hall–Kier alpha value is -1.95. The van der Waals surface area contributed by atoms with Crippen molar-refractivity contribution in [3.8, 4) is 0 Å². The van der Waals surface area contributed by atoms with Gasteiger partial charge in [-0.15, -0.1) is 0 Å². The smallest absolute Gasteiger partial charge is 0.341 e. The fraction of sp³-hybridized carbons (Fsp3) is 0.143. The highest BCUT2D eigenvalue weighted by Crippen LogP contribution is 2.18. The predicted octanol–water partition coefficient (Wildman–Crippen LogP) is 3.38. The second-order valence-corrected chi connectivity index (χ2v) is 4.90. The van der Waals surface area contributed by atoms with E-state index in [1.54, 1.807) is 30.5 Å². The van der Waals surface area contributed by atoms with Gasteiger partial charge in [0.15, 0.2) is 0 Å². The van der Waals surface area contributed by atoms with Crippen LogP contribution in [0.3, 0.4) is 0 Å². The number of aromatic nitrogens is 1. The second-order valence-electron chi connectivity index (χ2n) is 3.98. The zero-order chi connectivity index (χ0) is 14.5. The first kappa shape index (κ1) is 14.5. The summed E-state index contributed by atoms with van der Waals surface area (Å²) in [6.07, 6.45) is 1.55. The molecule has 0 radical (unpaired) electrons. The Morgan fingerprint density at radius 3 is 3.00 bits per heavy atom. The summed E-state index contributed by atoms with van der Waals surface area (Å²) in [5.41, 5.74) is 0.784. The average molecular weight is 339 g/mol. The molecular formula is C14H12BrFN2O2. The zero-order valence-corrected chi connectivity index (χ0v) is 12.3. The number of benzene rings is 1. The summed E-state index contributed by atoms with van der Waals surface area (Å²) in [4.78, 5) is 15.7. The second kappa shape index (κ2) is 6.47. The van der Waals surface area contributed by atoms with Crippen molar-refractivity contribution >= 4 is 27.7 Å². The number of halogens is 2. The van der Waals surface area contributed by atoms with Gasteiger partial charge in [-0.05, 0) is 30.3 Å². The lowest BCUT2D eigenvalue weighted by Crippen LogP contribution is -2.10. The van der Waals surface area contributed by atoms with Crippen LogP contribution in [0, 0.1) is 5.82 Å². The van der Waals surface area contributed by atoms with E-state index >= 15 is 0 Å². The van der Waals surface area contributed by atoms with Gasteiger partial charge in [0.2, 0.25) is 0 Å². The molecule has 0 saturated heterocycles. The van der Waals surface area contributed by atoms with Gasteiger partial charge in [0.1, 0.15) is 17.2 Å². The van der Waals surface area contributed by atoms with Gasteiger partial charge in [0.05, 0.1) is 7.11 Å². The minimum Gasteiger partial charge on any atom is -0.465 e. The van der Waals surface area contributed by atoms with E-state index in [2.05, 4.69) is 31.0 Å². The van der Waals surface area contributed by atoms with E-state index in [-0.39, 0.29) is 12.4 Å². The summed E-state index contributed by atoms with van der Waals surface area (Å²) in [5.74, 6) is -0.453. The molecule has 0 aliphatic carbocycles. The third kappa shape index (κ3) is 3.33.